The molecule has 1 aliphatic carbocycles. The molecule has 0 aromatic heterocycles. The second-order valence-corrected chi connectivity index (χ2v) is 5.33. The van der Waals surface area contributed by atoms with E-state index in [9.17, 15) is 5.11 Å². The minimum absolute atomic E-state index is 0.169. The third-order valence-electron chi connectivity index (χ3n) is 3.46. The van der Waals surface area contributed by atoms with E-state index in [0.29, 0.717) is 23.2 Å². The lowest BCUT2D eigenvalue weighted by atomic mass is 9.94. The number of phenolic OH excluding ortho intramolecular Hbond substituents is 1. The Balaban J connectivity index is 1.91. The Hall–Kier alpha value is -1.19. The van der Waals surface area contributed by atoms with Crippen LogP contribution >= 0.6 is 11.6 Å². The zero-order valence-corrected chi connectivity index (χ0v) is 11.9. The fourth-order valence-electron chi connectivity index (χ4n) is 2.37. The highest BCUT2D eigenvalue weighted by molar-refractivity contribution is 6.30. The van der Waals surface area contributed by atoms with Gasteiger partial charge in [0.2, 0.25) is 0 Å². The number of methoxy groups -OCH3 is 1. The summed E-state index contributed by atoms with van der Waals surface area (Å²) in [7, 11) is 1.52. The molecule has 0 bridgehead atoms. The van der Waals surface area contributed by atoms with Crippen LogP contribution in [-0.2, 0) is 6.54 Å². The SMILES string of the molecule is COc1cc(Cl)cc(CNCC2CC=CCC2)c1O. The van der Waals surface area contributed by atoms with Gasteiger partial charge in [0.1, 0.15) is 0 Å². The average Bonchev–Trinajstić information content (AvgIpc) is 2.43. The van der Waals surface area contributed by atoms with Gasteiger partial charge in [0.25, 0.3) is 0 Å². The van der Waals surface area contributed by atoms with Gasteiger partial charge in [-0.3, -0.25) is 0 Å². The molecule has 1 aromatic carbocycles. The van der Waals surface area contributed by atoms with Crippen molar-refractivity contribution in [3.05, 3.63) is 34.9 Å². The Morgan fingerprint density at radius 2 is 2.26 bits per heavy atom. The Bertz CT molecular complexity index is 460. The minimum atomic E-state index is 0.169. The van der Waals surface area contributed by atoms with E-state index in [1.807, 2.05) is 0 Å². The van der Waals surface area contributed by atoms with Crippen molar-refractivity contribution >= 4 is 11.6 Å². The summed E-state index contributed by atoms with van der Waals surface area (Å²) in [6, 6.07) is 3.39. The van der Waals surface area contributed by atoms with Gasteiger partial charge in [-0.05, 0) is 37.8 Å². The molecule has 1 aliphatic rings. The first-order valence-electron chi connectivity index (χ1n) is 6.61. The molecule has 2 N–H and O–H groups in total. The average molecular weight is 282 g/mol. The van der Waals surface area contributed by atoms with Crippen molar-refractivity contribution in [1.82, 2.24) is 5.32 Å². The van der Waals surface area contributed by atoms with Crippen LogP contribution in [0.5, 0.6) is 11.5 Å². The van der Waals surface area contributed by atoms with Crippen LogP contribution in [0.4, 0.5) is 0 Å². The van der Waals surface area contributed by atoms with Gasteiger partial charge in [-0.2, -0.15) is 0 Å². The van der Waals surface area contributed by atoms with Crippen LogP contribution in [0, 0.1) is 5.92 Å². The number of benzene rings is 1. The number of allylic oxidation sites excluding steroid dienone is 2. The number of hydrogen-bond acceptors (Lipinski definition) is 3. The molecule has 0 radical (unpaired) electrons. The number of ether oxygens (including phenoxy) is 1. The van der Waals surface area contributed by atoms with E-state index in [4.69, 9.17) is 16.3 Å². The fourth-order valence-corrected chi connectivity index (χ4v) is 2.60. The maximum atomic E-state index is 10.0. The lowest BCUT2D eigenvalue weighted by molar-refractivity contribution is 0.368. The molecule has 1 unspecified atom stereocenters. The largest absolute Gasteiger partial charge is 0.504 e. The van der Waals surface area contributed by atoms with Crippen LogP contribution in [0.3, 0.4) is 0 Å². The summed E-state index contributed by atoms with van der Waals surface area (Å²) in [6.07, 6.45) is 8.02. The van der Waals surface area contributed by atoms with Crippen LogP contribution in [0.1, 0.15) is 24.8 Å². The molecule has 19 heavy (non-hydrogen) atoms. The predicted octanol–water partition coefficient (Wildman–Crippen LogP) is 3.50. The van der Waals surface area contributed by atoms with Crippen LogP contribution in [0.15, 0.2) is 24.3 Å². The second kappa shape index (κ2) is 6.83. The molecule has 3 nitrogen and oxygen atoms in total. The maximum absolute atomic E-state index is 10.0. The molecular formula is C15H20ClNO2. The van der Waals surface area contributed by atoms with E-state index in [1.165, 1.54) is 20.0 Å². The van der Waals surface area contributed by atoms with E-state index >= 15 is 0 Å². The highest BCUT2D eigenvalue weighted by atomic mass is 35.5. The standard InChI is InChI=1S/C15H20ClNO2/c1-19-14-8-13(16)7-12(15(14)18)10-17-9-11-5-3-2-4-6-11/h2-3,7-8,11,17-18H,4-6,9-10H2,1H3. The first-order chi connectivity index (χ1) is 9.20. The van der Waals surface area contributed by atoms with E-state index in [0.717, 1.165) is 18.5 Å². The van der Waals surface area contributed by atoms with Gasteiger partial charge in [-0.1, -0.05) is 23.8 Å². The van der Waals surface area contributed by atoms with Crippen LogP contribution < -0.4 is 10.1 Å². The van der Waals surface area contributed by atoms with Crippen LogP contribution in [-0.4, -0.2) is 18.8 Å². The third kappa shape index (κ3) is 3.88. The van der Waals surface area contributed by atoms with Crippen molar-refractivity contribution in [2.45, 2.75) is 25.8 Å². The number of rotatable bonds is 5. The molecule has 0 fully saturated rings. The lowest BCUT2D eigenvalue weighted by Gasteiger charge is -2.18. The molecule has 1 atom stereocenters. The molecule has 2 rings (SSSR count). The van der Waals surface area contributed by atoms with Crippen molar-refractivity contribution in [2.24, 2.45) is 5.92 Å². The van der Waals surface area contributed by atoms with Gasteiger partial charge in [-0.25, -0.2) is 0 Å². The summed E-state index contributed by atoms with van der Waals surface area (Å²) in [6.45, 7) is 1.56. The van der Waals surface area contributed by atoms with Gasteiger partial charge >= 0.3 is 0 Å². The number of nitrogens with one attached hydrogen (secondary N) is 1. The Kier molecular flexibility index (Phi) is 5.11. The molecule has 104 valence electrons. The van der Waals surface area contributed by atoms with E-state index in [2.05, 4.69) is 17.5 Å². The first-order valence-corrected chi connectivity index (χ1v) is 6.99. The predicted molar refractivity (Wildman–Crippen MR) is 77.9 cm³/mol. The quantitative estimate of drug-likeness (QED) is 0.812. The zero-order chi connectivity index (χ0) is 13.7. The maximum Gasteiger partial charge on any atom is 0.162 e. The summed E-state index contributed by atoms with van der Waals surface area (Å²) in [4.78, 5) is 0. The Labute approximate surface area is 119 Å². The summed E-state index contributed by atoms with van der Waals surface area (Å²) in [5.41, 5.74) is 0.774. The molecule has 0 saturated heterocycles. The normalized spacial score (nSPS) is 18.5. The Morgan fingerprint density at radius 3 is 2.95 bits per heavy atom. The van der Waals surface area contributed by atoms with Crippen LogP contribution in [0.25, 0.3) is 0 Å². The number of halogens is 1. The summed E-state index contributed by atoms with van der Waals surface area (Å²) >= 11 is 6.00. The Morgan fingerprint density at radius 1 is 1.42 bits per heavy atom. The number of phenols is 1. The van der Waals surface area contributed by atoms with Gasteiger partial charge < -0.3 is 15.2 Å². The monoisotopic (exact) mass is 281 g/mol. The van der Waals surface area contributed by atoms with Crippen molar-refractivity contribution in [2.75, 3.05) is 13.7 Å². The smallest absolute Gasteiger partial charge is 0.162 e. The molecule has 0 spiro atoms. The second-order valence-electron chi connectivity index (χ2n) is 4.90. The molecule has 4 heteroatoms. The first kappa shape index (κ1) is 14.2. The summed E-state index contributed by atoms with van der Waals surface area (Å²) < 4.78 is 5.09. The number of hydrogen-bond donors (Lipinski definition) is 2. The topological polar surface area (TPSA) is 41.5 Å². The van der Waals surface area contributed by atoms with Crippen LogP contribution in [0.2, 0.25) is 5.02 Å². The zero-order valence-electron chi connectivity index (χ0n) is 11.2. The summed E-state index contributed by atoms with van der Waals surface area (Å²) in [5.74, 6) is 1.28. The van der Waals surface area contributed by atoms with Crippen molar-refractivity contribution in [3.8, 4) is 11.5 Å². The van der Waals surface area contributed by atoms with Gasteiger partial charge in [0, 0.05) is 23.2 Å². The van der Waals surface area contributed by atoms with E-state index in [1.54, 1.807) is 12.1 Å². The lowest BCUT2D eigenvalue weighted by Crippen LogP contribution is -2.23. The molecule has 0 aliphatic heterocycles. The highest BCUT2D eigenvalue weighted by Gasteiger charge is 2.12. The molecule has 0 heterocycles. The molecular weight excluding hydrogens is 262 g/mol. The fraction of sp³-hybridized carbons (Fsp3) is 0.467. The molecule has 0 amide bonds. The van der Waals surface area contributed by atoms with E-state index in [-0.39, 0.29) is 5.75 Å². The minimum Gasteiger partial charge on any atom is -0.504 e. The summed E-state index contributed by atoms with van der Waals surface area (Å²) in [5, 5.41) is 14.0. The molecule has 1 aromatic rings. The van der Waals surface area contributed by atoms with Crippen molar-refractivity contribution in [3.63, 3.8) is 0 Å². The van der Waals surface area contributed by atoms with Gasteiger partial charge in [-0.15, -0.1) is 0 Å². The third-order valence-corrected chi connectivity index (χ3v) is 3.68. The van der Waals surface area contributed by atoms with Crippen molar-refractivity contribution < 1.29 is 9.84 Å². The van der Waals surface area contributed by atoms with Crippen molar-refractivity contribution in [1.29, 1.82) is 0 Å². The number of aromatic hydroxyl groups is 1. The molecule has 0 saturated carbocycles. The van der Waals surface area contributed by atoms with E-state index < -0.39 is 0 Å². The van der Waals surface area contributed by atoms with Gasteiger partial charge in [0.15, 0.2) is 11.5 Å². The highest BCUT2D eigenvalue weighted by Crippen LogP contribution is 2.33. The van der Waals surface area contributed by atoms with Gasteiger partial charge in [0.05, 0.1) is 7.11 Å².